The molecule has 0 radical (unpaired) electrons. The van der Waals surface area contributed by atoms with Crippen LogP contribution >= 0.6 is 0 Å². The lowest BCUT2D eigenvalue weighted by atomic mass is 10.2. The molecule has 1 aromatic rings. The molecular weight excluding hydrogens is 276 g/mol. The molecule has 20 heavy (non-hydrogen) atoms. The molecular formula is C14H22N2O3S. The van der Waals surface area contributed by atoms with Crippen LogP contribution in [0.2, 0.25) is 0 Å². The summed E-state index contributed by atoms with van der Waals surface area (Å²) < 4.78 is 24.4. The zero-order valence-electron chi connectivity index (χ0n) is 12.1. The van der Waals surface area contributed by atoms with Crippen molar-refractivity contribution in [1.82, 2.24) is 5.32 Å². The van der Waals surface area contributed by atoms with Gasteiger partial charge in [-0.05, 0) is 37.5 Å². The van der Waals surface area contributed by atoms with Crippen LogP contribution in [0.3, 0.4) is 0 Å². The summed E-state index contributed by atoms with van der Waals surface area (Å²) in [7, 11) is -3.71. The fourth-order valence-electron chi connectivity index (χ4n) is 1.96. The molecule has 0 heterocycles. The van der Waals surface area contributed by atoms with Gasteiger partial charge in [0.15, 0.2) is 9.84 Å². The number of sulfone groups is 1. The van der Waals surface area contributed by atoms with Gasteiger partial charge in [0.1, 0.15) is 5.75 Å². The maximum Gasteiger partial charge on any atom is 0.235 e. The lowest BCUT2D eigenvalue weighted by Crippen LogP contribution is -2.37. The summed E-state index contributed by atoms with van der Waals surface area (Å²) in [5.41, 5.74) is 6.78. The Labute approximate surface area is 120 Å². The minimum atomic E-state index is -3.71. The van der Waals surface area contributed by atoms with Crippen molar-refractivity contribution in [2.24, 2.45) is 0 Å². The Balaban J connectivity index is 2.87. The number of benzene rings is 1. The van der Waals surface area contributed by atoms with Gasteiger partial charge < -0.3 is 11.1 Å². The summed E-state index contributed by atoms with van der Waals surface area (Å²) in [5, 5.41) is 2.71. The highest BCUT2D eigenvalue weighted by atomic mass is 32.2. The van der Waals surface area contributed by atoms with Gasteiger partial charge in [-0.15, -0.1) is 0 Å². The second-order valence-corrected chi connectivity index (χ2v) is 6.84. The molecule has 0 aliphatic carbocycles. The van der Waals surface area contributed by atoms with E-state index in [4.69, 9.17) is 5.73 Å². The Bertz CT molecular complexity index is 578. The molecule has 0 atom stereocenters. The third kappa shape index (κ3) is 4.23. The molecule has 5 nitrogen and oxygen atoms in total. The predicted molar refractivity (Wildman–Crippen MR) is 80.2 cm³/mol. The van der Waals surface area contributed by atoms with E-state index in [0.717, 1.165) is 18.4 Å². The predicted octanol–water partition coefficient (Wildman–Crippen LogP) is 1.66. The van der Waals surface area contributed by atoms with Crippen LogP contribution in [0, 0.1) is 6.92 Å². The van der Waals surface area contributed by atoms with Gasteiger partial charge in [-0.2, -0.15) is 0 Å². The van der Waals surface area contributed by atoms with E-state index < -0.39 is 21.5 Å². The van der Waals surface area contributed by atoms with E-state index in [1.807, 2.05) is 20.8 Å². The first-order valence-corrected chi connectivity index (χ1v) is 8.33. The summed E-state index contributed by atoms with van der Waals surface area (Å²) in [6, 6.07) is 4.71. The summed E-state index contributed by atoms with van der Waals surface area (Å²) in [5.74, 6) is -1.06. The quantitative estimate of drug-likeness (QED) is 0.782. The maximum absolute atomic E-state index is 12.2. The molecule has 0 aliphatic heterocycles. The molecule has 0 bridgehead atoms. The van der Waals surface area contributed by atoms with Gasteiger partial charge >= 0.3 is 0 Å². The minimum absolute atomic E-state index is 0.00747. The van der Waals surface area contributed by atoms with Crippen molar-refractivity contribution in [2.75, 3.05) is 11.5 Å². The number of hydrogen-bond acceptors (Lipinski definition) is 4. The van der Waals surface area contributed by atoms with Crippen LogP contribution in [-0.2, 0) is 14.6 Å². The molecule has 1 rings (SSSR count). The Morgan fingerprint density at radius 1 is 1.30 bits per heavy atom. The normalized spacial score (nSPS) is 11.6. The van der Waals surface area contributed by atoms with Crippen molar-refractivity contribution in [1.29, 1.82) is 0 Å². The van der Waals surface area contributed by atoms with Crippen molar-refractivity contribution in [3.8, 4) is 0 Å². The molecule has 0 saturated carbocycles. The minimum Gasteiger partial charge on any atom is -0.398 e. The first kappa shape index (κ1) is 16.5. The first-order valence-electron chi connectivity index (χ1n) is 6.68. The van der Waals surface area contributed by atoms with Crippen LogP contribution in [0.25, 0.3) is 0 Å². The number of hydrogen-bond donors (Lipinski definition) is 2. The Morgan fingerprint density at radius 2 is 1.90 bits per heavy atom. The van der Waals surface area contributed by atoms with E-state index >= 15 is 0 Å². The number of rotatable bonds is 6. The van der Waals surface area contributed by atoms with Crippen molar-refractivity contribution in [3.63, 3.8) is 0 Å². The third-order valence-corrected chi connectivity index (χ3v) is 4.86. The fraction of sp³-hybridized carbons (Fsp3) is 0.500. The standard InChI is InChI=1S/C14H22N2O3S/c1-4-11(5-2)16-14(17)9-20(18,19)13-7-6-10(3)8-12(13)15/h6-8,11H,4-5,9,15H2,1-3H3,(H,16,17). The largest absolute Gasteiger partial charge is 0.398 e. The summed E-state index contributed by atoms with van der Waals surface area (Å²) >= 11 is 0. The summed E-state index contributed by atoms with van der Waals surface area (Å²) in [4.78, 5) is 11.8. The Hall–Kier alpha value is -1.56. The van der Waals surface area contributed by atoms with Gasteiger partial charge in [0, 0.05) is 6.04 Å². The van der Waals surface area contributed by atoms with Gasteiger partial charge in [0.05, 0.1) is 10.6 Å². The highest BCUT2D eigenvalue weighted by molar-refractivity contribution is 7.92. The van der Waals surface area contributed by atoms with E-state index in [-0.39, 0.29) is 16.6 Å². The van der Waals surface area contributed by atoms with E-state index in [1.165, 1.54) is 6.07 Å². The van der Waals surface area contributed by atoms with Crippen LogP contribution in [-0.4, -0.2) is 26.1 Å². The lowest BCUT2D eigenvalue weighted by molar-refractivity contribution is -0.119. The highest BCUT2D eigenvalue weighted by Gasteiger charge is 2.22. The fourth-order valence-corrected chi connectivity index (χ4v) is 3.24. The average molecular weight is 298 g/mol. The van der Waals surface area contributed by atoms with E-state index in [2.05, 4.69) is 5.32 Å². The molecule has 0 aromatic heterocycles. The summed E-state index contributed by atoms with van der Waals surface area (Å²) in [6.07, 6.45) is 1.55. The van der Waals surface area contributed by atoms with Gasteiger partial charge in [0.25, 0.3) is 0 Å². The van der Waals surface area contributed by atoms with Crippen molar-refractivity contribution in [3.05, 3.63) is 23.8 Å². The van der Waals surface area contributed by atoms with Gasteiger partial charge in [0.2, 0.25) is 5.91 Å². The monoisotopic (exact) mass is 298 g/mol. The molecule has 3 N–H and O–H groups in total. The van der Waals surface area contributed by atoms with E-state index in [1.54, 1.807) is 12.1 Å². The number of amides is 1. The molecule has 0 spiro atoms. The molecule has 0 unspecified atom stereocenters. The second-order valence-electron chi connectivity index (χ2n) is 4.88. The molecule has 1 aromatic carbocycles. The van der Waals surface area contributed by atoms with Gasteiger partial charge in [-0.1, -0.05) is 19.9 Å². The molecule has 1 amide bonds. The first-order chi connectivity index (χ1) is 9.30. The Morgan fingerprint density at radius 3 is 2.40 bits per heavy atom. The van der Waals surface area contributed by atoms with Crippen molar-refractivity contribution >= 4 is 21.4 Å². The maximum atomic E-state index is 12.2. The number of carbonyl (C=O) groups excluding carboxylic acids is 1. The smallest absolute Gasteiger partial charge is 0.235 e. The molecule has 0 aliphatic rings. The molecule has 0 fully saturated rings. The van der Waals surface area contributed by atoms with Crippen LogP contribution < -0.4 is 11.1 Å². The van der Waals surface area contributed by atoms with Crippen LogP contribution in [0.5, 0.6) is 0 Å². The topological polar surface area (TPSA) is 89.3 Å². The van der Waals surface area contributed by atoms with Crippen LogP contribution in [0.15, 0.2) is 23.1 Å². The molecule has 112 valence electrons. The number of aryl methyl sites for hydroxylation is 1. The van der Waals surface area contributed by atoms with Crippen molar-refractivity contribution in [2.45, 2.75) is 44.6 Å². The number of anilines is 1. The third-order valence-electron chi connectivity index (χ3n) is 3.17. The molecule has 6 heteroatoms. The Kier molecular flexibility index (Phi) is 5.56. The average Bonchev–Trinajstić information content (AvgIpc) is 2.34. The van der Waals surface area contributed by atoms with E-state index in [0.29, 0.717) is 0 Å². The summed E-state index contributed by atoms with van der Waals surface area (Å²) in [6.45, 7) is 5.72. The van der Waals surface area contributed by atoms with Gasteiger partial charge in [-0.3, -0.25) is 4.79 Å². The van der Waals surface area contributed by atoms with E-state index in [9.17, 15) is 13.2 Å². The number of nitrogen functional groups attached to an aromatic ring is 1. The second kappa shape index (κ2) is 6.74. The number of nitrogens with two attached hydrogens (primary N) is 1. The van der Waals surface area contributed by atoms with Gasteiger partial charge in [-0.25, -0.2) is 8.42 Å². The zero-order chi connectivity index (χ0) is 15.3. The lowest BCUT2D eigenvalue weighted by Gasteiger charge is -2.15. The zero-order valence-corrected chi connectivity index (χ0v) is 13.0. The van der Waals surface area contributed by atoms with Crippen molar-refractivity contribution < 1.29 is 13.2 Å². The number of carbonyl (C=O) groups is 1. The van der Waals surface area contributed by atoms with Crippen LogP contribution in [0.4, 0.5) is 5.69 Å². The van der Waals surface area contributed by atoms with Crippen LogP contribution in [0.1, 0.15) is 32.3 Å². The molecule has 0 saturated heterocycles. The number of nitrogens with one attached hydrogen (secondary N) is 1. The SMILES string of the molecule is CCC(CC)NC(=O)CS(=O)(=O)c1ccc(C)cc1N. The highest BCUT2D eigenvalue weighted by Crippen LogP contribution is 2.20.